The Balaban J connectivity index is 1.66. The molecule has 0 bridgehead atoms. The monoisotopic (exact) mass is 596 g/mol. The lowest BCUT2D eigenvalue weighted by molar-refractivity contribution is -0.117. The molecule has 1 unspecified atom stereocenters. The molecule has 5 rings (SSSR count). The number of rotatable bonds is 6. The molecule has 7 nitrogen and oxygen atoms in total. The molecule has 1 aliphatic rings. The number of allylic oxidation sites excluding steroid dienone is 1. The van der Waals surface area contributed by atoms with E-state index in [1.54, 1.807) is 30.3 Å². The summed E-state index contributed by atoms with van der Waals surface area (Å²) in [6.07, 6.45) is 2.93. The average molecular weight is 598 g/mol. The second kappa shape index (κ2) is 10.0. The van der Waals surface area contributed by atoms with E-state index in [1.165, 1.54) is 35.5 Å². The molecule has 1 amide bonds. The summed E-state index contributed by atoms with van der Waals surface area (Å²) in [7, 11) is 1.39. The topological polar surface area (TPSA) is 100.0 Å². The number of amides is 1. The number of thiazole rings is 1. The number of nitrogens with zero attached hydrogens (tertiary/aromatic N) is 2. The fourth-order valence-electron chi connectivity index (χ4n) is 4.09. The summed E-state index contributed by atoms with van der Waals surface area (Å²) in [5, 5.41) is 22.1. The van der Waals surface area contributed by atoms with E-state index in [9.17, 15) is 19.8 Å². The van der Waals surface area contributed by atoms with Crippen molar-refractivity contribution < 1.29 is 24.5 Å². The molecular weight excluding hydrogens is 580 g/mol. The molecule has 1 aromatic heterocycles. The number of fused-ring (bicyclic) bond motifs is 1. The van der Waals surface area contributed by atoms with Crippen LogP contribution in [-0.4, -0.2) is 34.0 Å². The molecule has 1 aliphatic heterocycles. The van der Waals surface area contributed by atoms with Crippen molar-refractivity contribution in [1.82, 2.24) is 4.98 Å². The summed E-state index contributed by atoms with van der Waals surface area (Å²) in [6.45, 7) is 0. The van der Waals surface area contributed by atoms with Gasteiger partial charge in [0.2, 0.25) is 0 Å². The Morgan fingerprint density at radius 1 is 1.16 bits per heavy atom. The highest BCUT2D eigenvalue weighted by Gasteiger charge is 2.45. The van der Waals surface area contributed by atoms with Gasteiger partial charge < -0.3 is 14.9 Å². The average Bonchev–Trinajstić information content (AvgIpc) is 3.42. The van der Waals surface area contributed by atoms with Crippen LogP contribution >= 0.6 is 38.9 Å². The summed E-state index contributed by atoms with van der Waals surface area (Å²) in [6, 6.07) is 16.4. The van der Waals surface area contributed by atoms with Crippen molar-refractivity contribution in [3.8, 4) is 11.5 Å². The molecule has 10 heteroatoms. The third kappa shape index (κ3) is 4.61. The van der Waals surface area contributed by atoms with Crippen LogP contribution in [0.2, 0.25) is 5.02 Å². The molecule has 186 valence electrons. The van der Waals surface area contributed by atoms with Crippen LogP contribution in [-0.2, 0) is 9.59 Å². The Kier molecular flexibility index (Phi) is 6.76. The van der Waals surface area contributed by atoms with Gasteiger partial charge in [0, 0.05) is 5.02 Å². The van der Waals surface area contributed by atoms with Crippen LogP contribution in [0.15, 0.2) is 82.5 Å². The number of anilines is 1. The number of phenolic OH excluding ortho intramolecular Hbond substituents is 1. The fourth-order valence-corrected chi connectivity index (χ4v) is 5.82. The predicted octanol–water partition coefficient (Wildman–Crippen LogP) is 6.61. The molecule has 0 saturated carbocycles. The first-order valence-electron chi connectivity index (χ1n) is 10.9. The van der Waals surface area contributed by atoms with Gasteiger partial charge in [-0.15, -0.1) is 0 Å². The maximum absolute atomic E-state index is 13.4. The van der Waals surface area contributed by atoms with Crippen LogP contribution in [0.5, 0.6) is 11.5 Å². The van der Waals surface area contributed by atoms with Crippen molar-refractivity contribution in [2.45, 2.75) is 6.04 Å². The number of phenols is 1. The highest BCUT2D eigenvalue weighted by atomic mass is 79.9. The largest absolute Gasteiger partial charge is 0.503 e. The number of hydrogen-bond donors (Lipinski definition) is 2. The molecule has 0 aliphatic carbocycles. The Labute approximate surface area is 229 Å². The van der Waals surface area contributed by atoms with Crippen LogP contribution in [0.4, 0.5) is 5.13 Å². The van der Waals surface area contributed by atoms with Gasteiger partial charge in [-0.3, -0.25) is 14.5 Å². The number of benzene rings is 3. The summed E-state index contributed by atoms with van der Waals surface area (Å²) in [4.78, 5) is 32.7. The van der Waals surface area contributed by atoms with Crippen molar-refractivity contribution in [2.24, 2.45) is 0 Å². The molecule has 0 radical (unpaired) electrons. The minimum absolute atomic E-state index is 0.117. The van der Waals surface area contributed by atoms with Crippen molar-refractivity contribution in [3.05, 3.63) is 98.7 Å². The SMILES string of the molecule is COc1cc(C2C(C(=O)C=Cc3ccccc3)=C(O)C(=O)N2c2nc3ccc(Cl)cc3s2)cc(Br)c1O. The van der Waals surface area contributed by atoms with E-state index in [0.717, 1.165) is 10.3 Å². The number of aliphatic hydroxyl groups is 1. The lowest BCUT2D eigenvalue weighted by atomic mass is 9.95. The minimum atomic E-state index is -1.04. The van der Waals surface area contributed by atoms with Crippen LogP contribution < -0.4 is 9.64 Å². The normalized spacial score (nSPS) is 15.8. The number of hydrogen-bond acceptors (Lipinski definition) is 7. The first kappa shape index (κ1) is 25.0. The summed E-state index contributed by atoms with van der Waals surface area (Å²) in [5.74, 6) is -2.00. The molecule has 2 heterocycles. The molecule has 37 heavy (non-hydrogen) atoms. The zero-order valence-corrected chi connectivity index (χ0v) is 22.3. The van der Waals surface area contributed by atoms with Gasteiger partial charge in [-0.05, 0) is 63.5 Å². The summed E-state index contributed by atoms with van der Waals surface area (Å²) >= 11 is 10.6. The number of ether oxygens (including phenoxy) is 1. The summed E-state index contributed by atoms with van der Waals surface area (Å²) < 4.78 is 6.33. The molecule has 4 aromatic rings. The van der Waals surface area contributed by atoms with Crippen LogP contribution in [0.25, 0.3) is 16.3 Å². The number of aromatic hydroxyl groups is 1. The zero-order valence-electron chi connectivity index (χ0n) is 19.2. The second-order valence-corrected chi connectivity index (χ2v) is 10.4. The summed E-state index contributed by atoms with van der Waals surface area (Å²) in [5.41, 5.74) is 1.70. The maximum atomic E-state index is 13.4. The van der Waals surface area contributed by atoms with Gasteiger partial charge in [-0.25, -0.2) is 4.98 Å². The molecule has 2 N–H and O–H groups in total. The van der Waals surface area contributed by atoms with Gasteiger partial charge in [-0.2, -0.15) is 0 Å². The number of carbonyl (C=O) groups excluding carboxylic acids is 2. The second-order valence-electron chi connectivity index (χ2n) is 8.11. The number of ketones is 1. The molecule has 1 atom stereocenters. The first-order valence-corrected chi connectivity index (χ1v) is 12.9. The molecule has 0 fully saturated rings. The lowest BCUT2D eigenvalue weighted by Crippen LogP contribution is -2.30. The van der Waals surface area contributed by atoms with Gasteiger partial charge in [0.1, 0.15) is 0 Å². The van der Waals surface area contributed by atoms with Gasteiger partial charge in [0.25, 0.3) is 5.91 Å². The Hall–Kier alpha value is -3.66. The molecule has 0 spiro atoms. The lowest BCUT2D eigenvalue weighted by Gasteiger charge is -2.25. The highest BCUT2D eigenvalue weighted by molar-refractivity contribution is 9.10. The van der Waals surface area contributed by atoms with Crippen LogP contribution in [0, 0.1) is 0 Å². The third-order valence-corrected chi connectivity index (χ3v) is 7.69. The van der Waals surface area contributed by atoms with E-state index in [0.29, 0.717) is 20.6 Å². The predicted molar refractivity (Wildman–Crippen MR) is 147 cm³/mol. The Bertz CT molecular complexity index is 1620. The number of carbonyl (C=O) groups is 2. The van der Waals surface area contributed by atoms with E-state index in [-0.39, 0.29) is 22.2 Å². The number of methoxy groups -OCH3 is 1. The zero-order chi connectivity index (χ0) is 26.3. The van der Waals surface area contributed by atoms with Crippen molar-refractivity contribution in [1.29, 1.82) is 0 Å². The Morgan fingerprint density at radius 2 is 1.92 bits per heavy atom. The van der Waals surface area contributed by atoms with E-state index in [4.69, 9.17) is 16.3 Å². The van der Waals surface area contributed by atoms with Gasteiger partial charge in [-0.1, -0.05) is 59.3 Å². The standard InChI is InChI=1S/C27H18BrClN2O5S/c1-36-20-12-15(11-17(28)24(20)33)23-22(19(32)10-7-14-5-3-2-4-6-14)25(34)26(35)31(23)27-30-18-9-8-16(29)13-21(18)37-27/h2-13,23,33-34H,1H3. The van der Waals surface area contributed by atoms with Crippen molar-refractivity contribution in [3.63, 3.8) is 0 Å². The van der Waals surface area contributed by atoms with E-state index in [2.05, 4.69) is 20.9 Å². The van der Waals surface area contributed by atoms with Gasteiger partial charge in [0.05, 0.1) is 33.4 Å². The smallest absolute Gasteiger partial charge is 0.296 e. The van der Waals surface area contributed by atoms with Crippen molar-refractivity contribution in [2.75, 3.05) is 12.0 Å². The highest BCUT2D eigenvalue weighted by Crippen LogP contribution is 2.46. The van der Waals surface area contributed by atoms with Gasteiger partial charge in [0.15, 0.2) is 28.2 Å². The van der Waals surface area contributed by atoms with Crippen LogP contribution in [0.1, 0.15) is 17.2 Å². The maximum Gasteiger partial charge on any atom is 0.296 e. The fraction of sp³-hybridized carbons (Fsp3) is 0.0741. The van der Waals surface area contributed by atoms with E-state index < -0.39 is 23.5 Å². The van der Waals surface area contributed by atoms with E-state index >= 15 is 0 Å². The number of aliphatic hydroxyl groups excluding tert-OH is 1. The number of halogens is 2. The molecular formula is C27H18BrClN2O5S. The first-order chi connectivity index (χ1) is 17.8. The van der Waals surface area contributed by atoms with E-state index in [1.807, 2.05) is 30.3 Å². The molecule has 3 aromatic carbocycles. The quantitative estimate of drug-likeness (QED) is 0.243. The third-order valence-electron chi connectivity index (χ3n) is 5.83. The van der Waals surface area contributed by atoms with Crippen molar-refractivity contribution >= 4 is 72.0 Å². The minimum Gasteiger partial charge on any atom is -0.503 e. The Morgan fingerprint density at radius 3 is 2.65 bits per heavy atom. The number of aromatic nitrogens is 1. The van der Waals surface area contributed by atoms with Crippen LogP contribution in [0.3, 0.4) is 0 Å². The van der Waals surface area contributed by atoms with Gasteiger partial charge >= 0.3 is 0 Å². The molecule has 0 saturated heterocycles.